The monoisotopic (exact) mass is 572 g/mol. The lowest BCUT2D eigenvalue weighted by Crippen LogP contribution is -2.56. The molecule has 2 aliphatic rings. The fourth-order valence-corrected chi connectivity index (χ4v) is 5.69. The van der Waals surface area contributed by atoms with Crippen molar-refractivity contribution in [2.75, 3.05) is 21.3 Å². The first kappa shape index (κ1) is 30.2. The molecule has 2 aromatic rings. The van der Waals surface area contributed by atoms with E-state index in [0.29, 0.717) is 18.4 Å². The number of amides is 1. The van der Waals surface area contributed by atoms with Gasteiger partial charge in [-0.3, -0.25) is 9.89 Å². The molecule has 2 aromatic carbocycles. The van der Waals surface area contributed by atoms with E-state index in [1.165, 1.54) is 16.7 Å². The van der Waals surface area contributed by atoms with Crippen molar-refractivity contribution in [2.24, 2.45) is 4.99 Å². The van der Waals surface area contributed by atoms with Crippen LogP contribution in [0.3, 0.4) is 0 Å². The van der Waals surface area contributed by atoms with Gasteiger partial charge in [0.2, 0.25) is 0 Å². The minimum atomic E-state index is -0.615. The number of carbonyl (C=O) groups is 1. The van der Waals surface area contributed by atoms with Crippen LogP contribution >= 0.6 is 11.8 Å². The molecule has 40 heavy (non-hydrogen) atoms. The van der Waals surface area contributed by atoms with Gasteiger partial charge in [0.1, 0.15) is 40.8 Å². The molecule has 0 radical (unpaired) electrons. The number of hydrogen-bond acceptors (Lipinski definition) is 9. The molecule has 0 aromatic heterocycles. The molecule has 2 heterocycles. The quantitative estimate of drug-likeness (QED) is 0.381. The molecule has 1 fully saturated rings. The zero-order valence-corrected chi connectivity index (χ0v) is 25.1. The third kappa shape index (κ3) is 7.48. The summed E-state index contributed by atoms with van der Waals surface area (Å²) in [6, 6.07) is 15.2. The Hall–Kier alpha value is -2.79. The van der Waals surface area contributed by atoms with E-state index in [4.69, 9.17) is 33.4 Å². The summed E-state index contributed by atoms with van der Waals surface area (Å²) in [5.41, 5.74) is 1.09. The minimum Gasteiger partial charge on any atom is -0.497 e. The second-order valence-electron chi connectivity index (χ2n) is 10.8. The normalized spacial score (nSPS) is 24.2. The highest BCUT2D eigenvalue weighted by Crippen LogP contribution is 2.41. The highest BCUT2D eigenvalue weighted by Gasteiger charge is 2.51. The third-order valence-corrected chi connectivity index (χ3v) is 7.87. The van der Waals surface area contributed by atoms with Gasteiger partial charge >= 0.3 is 6.09 Å². The van der Waals surface area contributed by atoms with E-state index in [2.05, 4.69) is 6.92 Å². The van der Waals surface area contributed by atoms with Crippen molar-refractivity contribution < 1.29 is 33.2 Å². The first-order valence-electron chi connectivity index (χ1n) is 13.5. The first-order valence-corrected chi connectivity index (χ1v) is 14.4. The lowest BCUT2D eigenvalue weighted by Gasteiger charge is -2.42. The zero-order valence-electron chi connectivity index (χ0n) is 24.3. The second kappa shape index (κ2) is 13.2. The summed E-state index contributed by atoms with van der Waals surface area (Å²) in [5.74, 6) is 1.58. The highest BCUT2D eigenvalue weighted by atomic mass is 32.2. The van der Waals surface area contributed by atoms with Gasteiger partial charge in [-0.25, -0.2) is 4.79 Å². The summed E-state index contributed by atoms with van der Waals surface area (Å²) >= 11 is 1.41. The van der Waals surface area contributed by atoms with Crippen LogP contribution in [0.2, 0.25) is 0 Å². The van der Waals surface area contributed by atoms with Crippen LogP contribution in [0.15, 0.2) is 53.5 Å². The third-order valence-electron chi connectivity index (χ3n) is 6.66. The molecule has 2 aliphatic heterocycles. The molecule has 0 aliphatic carbocycles. The fraction of sp³-hybridized carbons (Fsp3) is 0.533. The summed E-state index contributed by atoms with van der Waals surface area (Å²) in [6.07, 6.45) is -0.721. The van der Waals surface area contributed by atoms with E-state index in [1.807, 2.05) is 69.3 Å². The average molecular weight is 573 g/mol. The number of nitrogens with zero attached hydrogens (tertiary/aromatic N) is 2. The predicted molar refractivity (Wildman–Crippen MR) is 155 cm³/mol. The largest absolute Gasteiger partial charge is 0.497 e. The van der Waals surface area contributed by atoms with Gasteiger partial charge in [-0.1, -0.05) is 43.0 Å². The fourth-order valence-electron chi connectivity index (χ4n) is 4.51. The van der Waals surface area contributed by atoms with Gasteiger partial charge in [0.25, 0.3) is 0 Å². The van der Waals surface area contributed by atoms with Crippen LogP contribution in [0.5, 0.6) is 11.5 Å². The van der Waals surface area contributed by atoms with Crippen LogP contribution < -0.4 is 9.47 Å². The molecule has 10 heteroatoms. The summed E-state index contributed by atoms with van der Waals surface area (Å²) in [7, 11) is 4.96. The Morgan fingerprint density at radius 3 is 1.93 bits per heavy atom. The smallest absolute Gasteiger partial charge is 0.416 e. The van der Waals surface area contributed by atoms with Gasteiger partial charge in [-0.05, 0) is 62.6 Å². The molecule has 5 atom stereocenters. The number of methoxy groups -OCH3 is 2. The number of ether oxygens (including phenoxy) is 6. The van der Waals surface area contributed by atoms with E-state index < -0.39 is 17.8 Å². The number of carbonyl (C=O) groups excluding carboxylic acids is 1. The zero-order chi connectivity index (χ0) is 28.9. The van der Waals surface area contributed by atoms with Gasteiger partial charge in [-0.2, -0.15) is 0 Å². The van der Waals surface area contributed by atoms with E-state index in [-0.39, 0.29) is 23.7 Å². The standard InChI is InChI=1S/C30H40N2O7S/c1-8-23-25(36-17-19-9-13-21(34-6)14-10-19)26(37-18-20-11-15-22(35-7)16-12-20)24-27(38-23)40-28(31-24)32(5)29(33)39-30(2,3)4/h9-16,23-27H,8,17-18H2,1-7H3/t23-,24-,25-,26?,27-/m1/s1. The molecule has 1 saturated heterocycles. The predicted octanol–water partition coefficient (Wildman–Crippen LogP) is 5.65. The van der Waals surface area contributed by atoms with Crippen molar-refractivity contribution in [1.29, 1.82) is 0 Å². The van der Waals surface area contributed by atoms with Gasteiger partial charge in [-0.15, -0.1) is 0 Å². The maximum absolute atomic E-state index is 12.8. The Kier molecular flexibility index (Phi) is 9.99. The number of aliphatic imine (C=N–C) groups is 1. The second-order valence-corrected chi connectivity index (χ2v) is 11.8. The molecule has 218 valence electrons. The molecule has 0 bridgehead atoms. The Morgan fingerprint density at radius 2 is 1.45 bits per heavy atom. The van der Waals surface area contributed by atoms with Crippen molar-refractivity contribution in [1.82, 2.24) is 4.90 Å². The van der Waals surface area contributed by atoms with Gasteiger partial charge < -0.3 is 28.4 Å². The van der Waals surface area contributed by atoms with Crippen molar-refractivity contribution in [2.45, 2.75) is 82.7 Å². The number of fused-ring (bicyclic) bond motifs is 1. The molecule has 0 saturated carbocycles. The maximum atomic E-state index is 12.8. The molecule has 1 unspecified atom stereocenters. The SMILES string of the molecule is CC[C@H]1O[C@@H]2SC(N(C)C(=O)OC(C)(C)C)=N[C@@H]2C(OCc2ccc(OC)cc2)[C@@H]1OCc1ccc(OC)cc1. The van der Waals surface area contributed by atoms with E-state index >= 15 is 0 Å². The van der Waals surface area contributed by atoms with Gasteiger partial charge in [0, 0.05) is 7.05 Å². The van der Waals surface area contributed by atoms with Crippen molar-refractivity contribution in [3.05, 3.63) is 59.7 Å². The number of thioether (sulfide) groups is 1. The molecular formula is C30H40N2O7S. The Morgan fingerprint density at radius 1 is 0.925 bits per heavy atom. The Labute approximate surface area is 241 Å². The highest BCUT2D eigenvalue weighted by molar-refractivity contribution is 8.14. The molecule has 0 spiro atoms. The summed E-state index contributed by atoms with van der Waals surface area (Å²) in [6.45, 7) is 8.34. The summed E-state index contributed by atoms with van der Waals surface area (Å²) < 4.78 is 35.7. The number of hydrogen-bond donors (Lipinski definition) is 0. The number of benzene rings is 2. The van der Waals surface area contributed by atoms with Crippen LogP contribution in [-0.4, -0.2) is 72.8 Å². The number of amidine groups is 1. The first-order chi connectivity index (χ1) is 19.1. The maximum Gasteiger partial charge on any atom is 0.416 e. The Balaban J connectivity index is 1.57. The topological polar surface area (TPSA) is 88.1 Å². The van der Waals surface area contributed by atoms with Crippen LogP contribution in [0, 0.1) is 0 Å². The average Bonchev–Trinajstić information content (AvgIpc) is 3.37. The van der Waals surface area contributed by atoms with Crippen LogP contribution in [0.1, 0.15) is 45.2 Å². The lowest BCUT2D eigenvalue weighted by atomic mass is 9.96. The van der Waals surface area contributed by atoms with Crippen LogP contribution in [-0.2, 0) is 32.2 Å². The molecule has 9 nitrogen and oxygen atoms in total. The Bertz CT molecular complexity index is 1150. The van der Waals surface area contributed by atoms with E-state index in [0.717, 1.165) is 29.0 Å². The van der Waals surface area contributed by atoms with Gasteiger partial charge in [0.05, 0.1) is 33.5 Å². The van der Waals surface area contributed by atoms with Crippen LogP contribution in [0.25, 0.3) is 0 Å². The van der Waals surface area contributed by atoms with Crippen molar-refractivity contribution in [3.63, 3.8) is 0 Å². The van der Waals surface area contributed by atoms with E-state index in [1.54, 1.807) is 21.3 Å². The van der Waals surface area contributed by atoms with Crippen molar-refractivity contribution in [3.8, 4) is 11.5 Å². The number of rotatable bonds is 9. The van der Waals surface area contributed by atoms with Crippen LogP contribution in [0.4, 0.5) is 4.79 Å². The van der Waals surface area contributed by atoms with Gasteiger partial charge in [0.15, 0.2) is 5.17 Å². The minimum absolute atomic E-state index is 0.214. The molecular weight excluding hydrogens is 532 g/mol. The summed E-state index contributed by atoms with van der Waals surface area (Å²) in [4.78, 5) is 19.1. The van der Waals surface area contributed by atoms with E-state index in [9.17, 15) is 4.79 Å². The molecule has 1 amide bonds. The lowest BCUT2D eigenvalue weighted by molar-refractivity contribution is -0.197. The summed E-state index contributed by atoms with van der Waals surface area (Å²) in [5, 5.41) is 0.535. The van der Waals surface area contributed by atoms with Crippen molar-refractivity contribution >= 4 is 23.0 Å². The molecule has 4 rings (SSSR count). The molecule has 0 N–H and O–H groups in total.